The molecule has 0 saturated carbocycles. The number of hydrogen-bond donors (Lipinski definition) is 3. The molecule has 7 nitrogen and oxygen atoms in total. The summed E-state index contributed by atoms with van der Waals surface area (Å²) >= 11 is 0. The number of benzene rings is 2. The van der Waals surface area contributed by atoms with Crippen LogP contribution in [0.15, 0.2) is 66.7 Å². The van der Waals surface area contributed by atoms with Crippen LogP contribution in [0, 0.1) is 0 Å². The third-order valence-electron chi connectivity index (χ3n) is 4.50. The van der Waals surface area contributed by atoms with Gasteiger partial charge in [-0.2, -0.15) is 5.10 Å². The summed E-state index contributed by atoms with van der Waals surface area (Å²) in [7, 11) is 1.66. The van der Waals surface area contributed by atoms with Gasteiger partial charge in [0.25, 0.3) is 5.91 Å². The van der Waals surface area contributed by atoms with Crippen LogP contribution in [0.2, 0.25) is 0 Å². The molecule has 3 N–H and O–H groups in total. The number of rotatable bonds is 8. The molecule has 1 unspecified atom stereocenters. The number of aryl methyl sites for hydroxylation is 2. The number of anilines is 1. The van der Waals surface area contributed by atoms with E-state index in [2.05, 4.69) is 15.7 Å². The second kappa shape index (κ2) is 9.66. The van der Waals surface area contributed by atoms with E-state index in [1.54, 1.807) is 19.2 Å². The van der Waals surface area contributed by atoms with Gasteiger partial charge in [0.15, 0.2) is 5.69 Å². The lowest BCUT2D eigenvalue weighted by molar-refractivity contribution is -0.116. The highest BCUT2D eigenvalue weighted by Crippen LogP contribution is 2.13. The lowest BCUT2D eigenvalue weighted by atomic mass is 10.1. The molecule has 0 fully saturated rings. The van der Waals surface area contributed by atoms with E-state index in [0.717, 1.165) is 11.1 Å². The molecule has 0 aliphatic rings. The maximum atomic E-state index is 12.3. The zero-order valence-electron chi connectivity index (χ0n) is 16.2. The lowest BCUT2D eigenvalue weighted by Gasteiger charge is -2.11. The van der Waals surface area contributed by atoms with Crippen molar-refractivity contribution in [3.63, 3.8) is 0 Å². The Balaban J connectivity index is 1.52. The molecule has 2 aromatic carbocycles. The van der Waals surface area contributed by atoms with Crippen LogP contribution < -0.4 is 10.6 Å². The Morgan fingerprint density at radius 2 is 1.72 bits per heavy atom. The van der Waals surface area contributed by atoms with E-state index in [1.807, 2.05) is 48.5 Å². The minimum absolute atomic E-state index is 0.0676. The predicted molar refractivity (Wildman–Crippen MR) is 110 cm³/mol. The number of nitrogens with one attached hydrogen (secondary N) is 2. The number of aliphatic hydroxyl groups excluding tert-OH is 1. The maximum absolute atomic E-state index is 12.3. The van der Waals surface area contributed by atoms with Gasteiger partial charge in [-0.3, -0.25) is 14.3 Å². The summed E-state index contributed by atoms with van der Waals surface area (Å²) in [5.41, 5.74) is 1.98. The molecule has 0 radical (unpaired) electrons. The number of amides is 2. The van der Waals surface area contributed by atoms with Crippen molar-refractivity contribution in [2.24, 2.45) is 7.05 Å². The Hall–Kier alpha value is -3.45. The second-order valence-electron chi connectivity index (χ2n) is 6.71. The second-order valence-corrected chi connectivity index (χ2v) is 6.71. The van der Waals surface area contributed by atoms with E-state index in [-0.39, 0.29) is 18.1 Å². The van der Waals surface area contributed by atoms with E-state index >= 15 is 0 Å². The van der Waals surface area contributed by atoms with Crippen molar-refractivity contribution < 1.29 is 14.7 Å². The highest BCUT2D eigenvalue weighted by Gasteiger charge is 2.16. The SMILES string of the molecule is Cn1nc(C(=O)NCC(O)c2ccccc2)cc1NC(=O)CCc1ccccc1. The largest absolute Gasteiger partial charge is 0.387 e. The molecule has 1 atom stereocenters. The van der Waals surface area contributed by atoms with Crippen LogP contribution >= 0.6 is 0 Å². The normalized spacial score (nSPS) is 11.7. The maximum Gasteiger partial charge on any atom is 0.271 e. The summed E-state index contributed by atoms with van der Waals surface area (Å²) in [5, 5.41) is 19.7. The summed E-state index contributed by atoms with van der Waals surface area (Å²) in [6, 6.07) is 20.4. The summed E-state index contributed by atoms with van der Waals surface area (Å²) in [5.74, 6) is -0.125. The standard InChI is InChI=1S/C22H24N4O3/c1-26-20(24-21(28)13-12-16-8-4-2-5-9-16)14-18(25-26)22(29)23-15-19(27)17-10-6-3-7-11-17/h2-11,14,19,27H,12-13,15H2,1H3,(H,23,29)(H,24,28). The van der Waals surface area contributed by atoms with E-state index in [0.29, 0.717) is 18.7 Å². The first-order valence-corrected chi connectivity index (χ1v) is 9.42. The van der Waals surface area contributed by atoms with Crippen LogP contribution in [0.1, 0.15) is 34.1 Å². The molecule has 3 rings (SSSR count). The zero-order valence-corrected chi connectivity index (χ0v) is 16.2. The molecule has 0 aliphatic heterocycles. The first kappa shape index (κ1) is 20.3. The molecule has 3 aromatic rings. The molecule has 29 heavy (non-hydrogen) atoms. The van der Waals surface area contributed by atoms with Crippen molar-refractivity contribution in [1.82, 2.24) is 15.1 Å². The van der Waals surface area contributed by atoms with Gasteiger partial charge in [0.2, 0.25) is 5.91 Å². The minimum atomic E-state index is -0.805. The van der Waals surface area contributed by atoms with E-state index in [9.17, 15) is 14.7 Å². The topological polar surface area (TPSA) is 96.2 Å². The highest BCUT2D eigenvalue weighted by atomic mass is 16.3. The number of carbonyl (C=O) groups is 2. The molecule has 0 aliphatic carbocycles. The monoisotopic (exact) mass is 392 g/mol. The molecule has 0 spiro atoms. The molecule has 0 saturated heterocycles. The molecule has 1 aromatic heterocycles. The quantitative estimate of drug-likeness (QED) is 0.549. The molecular formula is C22H24N4O3. The molecule has 150 valence electrons. The van der Waals surface area contributed by atoms with Gasteiger partial charge in [0, 0.05) is 26.1 Å². The van der Waals surface area contributed by atoms with Crippen molar-refractivity contribution in [1.29, 1.82) is 0 Å². The van der Waals surface area contributed by atoms with Gasteiger partial charge >= 0.3 is 0 Å². The van der Waals surface area contributed by atoms with E-state index < -0.39 is 12.0 Å². The fourth-order valence-corrected chi connectivity index (χ4v) is 2.88. The molecule has 0 bridgehead atoms. The highest BCUT2D eigenvalue weighted by molar-refractivity contribution is 5.95. The van der Waals surface area contributed by atoms with Crippen molar-refractivity contribution in [3.8, 4) is 0 Å². The van der Waals surface area contributed by atoms with Crippen LogP contribution in [-0.2, 0) is 18.3 Å². The van der Waals surface area contributed by atoms with Gasteiger partial charge in [0.05, 0.1) is 6.10 Å². The number of aliphatic hydroxyl groups is 1. The number of hydrogen-bond acceptors (Lipinski definition) is 4. The van der Waals surface area contributed by atoms with Gasteiger partial charge in [-0.25, -0.2) is 0 Å². The van der Waals surface area contributed by atoms with E-state index in [1.165, 1.54) is 10.7 Å². The van der Waals surface area contributed by atoms with Gasteiger partial charge in [0.1, 0.15) is 5.82 Å². The fraction of sp³-hybridized carbons (Fsp3) is 0.227. The van der Waals surface area contributed by atoms with Crippen molar-refractivity contribution in [2.45, 2.75) is 18.9 Å². The van der Waals surface area contributed by atoms with Crippen molar-refractivity contribution >= 4 is 17.6 Å². The molecule has 7 heteroatoms. The molecular weight excluding hydrogens is 368 g/mol. The Bertz CT molecular complexity index is 955. The lowest BCUT2D eigenvalue weighted by Crippen LogP contribution is -2.28. The number of aromatic nitrogens is 2. The van der Waals surface area contributed by atoms with Gasteiger partial charge in [-0.15, -0.1) is 0 Å². The van der Waals surface area contributed by atoms with Gasteiger partial charge in [-0.05, 0) is 17.5 Å². The summed E-state index contributed by atoms with van der Waals surface area (Å²) < 4.78 is 1.45. The van der Waals surface area contributed by atoms with Crippen LogP contribution in [0.25, 0.3) is 0 Å². The number of nitrogens with zero attached hydrogens (tertiary/aromatic N) is 2. The van der Waals surface area contributed by atoms with Crippen LogP contribution in [0.5, 0.6) is 0 Å². The molecule has 1 heterocycles. The summed E-state index contributed by atoms with van der Waals surface area (Å²) in [6.45, 7) is 0.0676. The minimum Gasteiger partial charge on any atom is -0.387 e. The smallest absolute Gasteiger partial charge is 0.271 e. The number of carbonyl (C=O) groups excluding carboxylic acids is 2. The third kappa shape index (κ3) is 5.76. The first-order valence-electron chi connectivity index (χ1n) is 9.42. The van der Waals surface area contributed by atoms with Crippen LogP contribution in [-0.4, -0.2) is 33.2 Å². The Morgan fingerprint density at radius 1 is 1.07 bits per heavy atom. The van der Waals surface area contributed by atoms with E-state index in [4.69, 9.17) is 0 Å². The molecule has 2 amide bonds. The average Bonchev–Trinajstić information content (AvgIpc) is 3.12. The predicted octanol–water partition coefficient (Wildman–Crippen LogP) is 2.45. The summed E-state index contributed by atoms with van der Waals surface area (Å²) in [6.07, 6.45) is 0.163. The Labute approximate surface area is 169 Å². The fourth-order valence-electron chi connectivity index (χ4n) is 2.88. The van der Waals surface area contributed by atoms with Crippen molar-refractivity contribution in [2.75, 3.05) is 11.9 Å². The first-order chi connectivity index (χ1) is 14.0. The van der Waals surface area contributed by atoms with Crippen LogP contribution in [0.3, 0.4) is 0 Å². The van der Waals surface area contributed by atoms with Crippen LogP contribution in [0.4, 0.5) is 5.82 Å². The Kier molecular flexibility index (Phi) is 6.76. The third-order valence-corrected chi connectivity index (χ3v) is 4.50. The average molecular weight is 392 g/mol. The van der Waals surface area contributed by atoms with Crippen molar-refractivity contribution in [3.05, 3.63) is 83.6 Å². The summed E-state index contributed by atoms with van der Waals surface area (Å²) in [4.78, 5) is 24.5. The van der Waals surface area contributed by atoms with Gasteiger partial charge in [-0.1, -0.05) is 60.7 Å². The zero-order chi connectivity index (χ0) is 20.6. The Morgan fingerprint density at radius 3 is 2.41 bits per heavy atom. The van der Waals surface area contributed by atoms with Gasteiger partial charge < -0.3 is 15.7 Å².